The van der Waals surface area contributed by atoms with Crippen molar-refractivity contribution in [2.45, 2.75) is 18.2 Å². The first-order valence-electron chi connectivity index (χ1n) is 6.01. The van der Waals surface area contributed by atoms with Crippen LogP contribution in [-0.4, -0.2) is 38.7 Å². The van der Waals surface area contributed by atoms with E-state index < -0.39 is 15.3 Å². The van der Waals surface area contributed by atoms with Crippen molar-refractivity contribution in [3.05, 3.63) is 34.6 Å². The van der Waals surface area contributed by atoms with Crippen LogP contribution in [0.15, 0.2) is 18.2 Å². The minimum atomic E-state index is -3.25. The van der Waals surface area contributed by atoms with Gasteiger partial charge in [0.05, 0.1) is 5.25 Å². The molecule has 106 valence electrons. The first-order valence-corrected chi connectivity index (χ1v) is 7.93. The summed E-state index contributed by atoms with van der Waals surface area (Å²) in [4.78, 5) is 1.92. The topological polar surface area (TPSA) is 49.4 Å². The molecule has 1 heterocycles. The van der Waals surface area contributed by atoms with Gasteiger partial charge in [-0.2, -0.15) is 0 Å². The highest BCUT2D eigenvalue weighted by atomic mass is 35.5. The zero-order valence-electron chi connectivity index (χ0n) is 10.6. The number of sulfonamides is 1. The van der Waals surface area contributed by atoms with Gasteiger partial charge in [0.25, 0.3) is 0 Å². The standard InChI is InChI=1S/C12H16ClFN2O2S/c1-15-19(17,18)11-4-5-16(8-11)7-9-6-10(13)2-3-12(9)14/h2-3,6,11,15H,4-5,7-8H2,1H3/t11-/m1/s1. The van der Waals surface area contributed by atoms with E-state index in [9.17, 15) is 12.8 Å². The predicted octanol–water partition coefficient (Wildman–Crippen LogP) is 1.60. The molecule has 0 aromatic heterocycles. The van der Waals surface area contributed by atoms with E-state index in [-0.39, 0.29) is 5.82 Å². The number of nitrogens with zero attached hydrogens (tertiary/aromatic N) is 1. The molecule has 4 nitrogen and oxygen atoms in total. The second kappa shape index (κ2) is 5.75. The molecule has 1 aliphatic rings. The molecule has 1 aliphatic heterocycles. The molecule has 7 heteroatoms. The first kappa shape index (κ1) is 14.7. The van der Waals surface area contributed by atoms with Gasteiger partial charge in [0.1, 0.15) is 5.82 Å². The predicted molar refractivity (Wildman–Crippen MR) is 73.1 cm³/mol. The van der Waals surface area contributed by atoms with Gasteiger partial charge in [-0.05, 0) is 38.2 Å². The SMILES string of the molecule is CNS(=O)(=O)[C@@H]1CCN(Cc2cc(Cl)ccc2F)C1. The van der Waals surface area contributed by atoms with Gasteiger partial charge < -0.3 is 0 Å². The molecule has 1 fully saturated rings. The van der Waals surface area contributed by atoms with E-state index in [2.05, 4.69) is 4.72 Å². The molecular weight excluding hydrogens is 291 g/mol. The highest BCUT2D eigenvalue weighted by molar-refractivity contribution is 7.90. The molecule has 1 saturated heterocycles. The fourth-order valence-electron chi connectivity index (χ4n) is 2.27. The van der Waals surface area contributed by atoms with Gasteiger partial charge in [-0.15, -0.1) is 0 Å². The summed E-state index contributed by atoms with van der Waals surface area (Å²) in [5.41, 5.74) is 0.495. The van der Waals surface area contributed by atoms with Crippen LogP contribution in [0.5, 0.6) is 0 Å². The third kappa shape index (κ3) is 3.45. The third-order valence-electron chi connectivity index (χ3n) is 3.35. The van der Waals surface area contributed by atoms with Gasteiger partial charge in [0, 0.05) is 23.7 Å². The van der Waals surface area contributed by atoms with Crippen molar-refractivity contribution in [3.63, 3.8) is 0 Å². The normalized spacial score (nSPS) is 20.9. The summed E-state index contributed by atoms with van der Waals surface area (Å²) in [6, 6.07) is 4.41. The van der Waals surface area contributed by atoms with Crippen LogP contribution >= 0.6 is 11.6 Å². The largest absolute Gasteiger partial charge is 0.298 e. The Labute approximate surface area is 117 Å². The number of hydrogen-bond acceptors (Lipinski definition) is 3. The molecule has 1 aromatic rings. The van der Waals surface area contributed by atoms with E-state index in [0.717, 1.165) is 0 Å². The lowest BCUT2D eigenvalue weighted by atomic mass is 10.2. The molecule has 0 bridgehead atoms. The van der Waals surface area contributed by atoms with Crippen molar-refractivity contribution in [1.29, 1.82) is 0 Å². The Morgan fingerprint density at radius 3 is 2.95 bits per heavy atom. The number of nitrogens with one attached hydrogen (secondary N) is 1. The van der Waals surface area contributed by atoms with Crippen molar-refractivity contribution in [3.8, 4) is 0 Å². The van der Waals surface area contributed by atoms with E-state index in [1.54, 1.807) is 6.07 Å². The van der Waals surface area contributed by atoms with E-state index >= 15 is 0 Å². The second-order valence-corrected chi connectivity index (χ2v) is 7.23. The first-order chi connectivity index (χ1) is 8.92. The molecule has 0 saturated carbocycles. The van der Waals surface area contributed by atoms with Crippen LogP contribution in [0.4, 0.5) is 4.39 Å². The summed E-state index contributed by atoms with van der Waals surface area (Å²) in [5.74, 6) is -0.315. The van der Waals surface area contributed by atoms with E-state index in [1.807, 2.05) is 4.90 Å². The fraction of sp³-hybridized carbons (Fsp3) is 0.500. The van der Waals surface area contributed by atoms with Crippen LogP contribution in [0.25, 0.3) is 0 Å². The number of hydrogen-bond donors (Lipinski definition) is 1. The number of likely N-dealkylation sites (tertiary alicyclic amines) is 1. The Kier molecular flexibility index (Phi) is 4.45. The lowest BCUT2D eigenvalue weighted by Crippen LogP contribution is -2.34. The summed E-state index contributed by atoms with van der Waals surface area (Å²) < 4.78 is 39.3. The van der Waals surface area contributed by atoms with Crippen molar-refractivity contribution in [2.24, 2.45) is 0 Å². The van der Waals surface area contributed by atoms with Crippen LogP contribution in [0.2, 0.25) is 5.02 Å². The molecule has 19 heavy (non-hydrogen) atoms. The fourth-order valence-corrected chi connectivity index (χ4v) is 3.62. The summed E-state index contributed by atoms with van der Waals surface area (Å²) in [7, 11) is -1.84. The van der Waals surface area contributed by atoms with Crippen molar-refractivity contribution < 1.29 is 12.8 Å². The quantitative estimate of drug-likeness (QED) is 0.919. The van der Waals surface area contributed by atoms with Crippen LogP contribution in [0.3, 0.4) is 0 Å². The molecule has 0 spiro atoms. The third-order valence-corrected chi connectivity index (χ3v) is 5.42. The maximum Gasteiger partial charge on any atom is 0.215 e. The minimum Gasteiger partial charge on any atom is -0.298 e. The van der Waals surface area contributed by atoms with Gasteiger partial charge in [-0.25, -0.2) is 17.5 Å². The van der Waals surface area contributed by atoms with Crippen LogP contribution in [-0.2, 0) is 16.6 Å². The number of benzene rings is 1. The molecule has 1 atom stereocenters. The lowest BCUT2D eigenvalue weighted by Gasteiger charge is -2.16. The second-order valence-electron chi connectivity index (χ2n) is 4.63. The van der Waals surface area contributed by atoms with E-state index in [4.69, 9.17) is 11.6 Å². The van der Waals surface area contributed by atoms with E-state index in [0.29, 0.717) is 36.6 Å². The highest BCUT2D eigenvalue weighted by Gasteiger charge is 2.32. The van der Waals surface area contributed by atoms with Gasteiger partial charge >= 0.3 is 0 Å². The summed E-state index contributed by atoms with van der Waals surface area (Å²) in [6.07, 6.45) is 0.561. The average molecular weight is 307 g/mol. The van der Waals surface area contributed by atoms with Gasteiger partial charge in [-0.1, -0.05) is 11.6 Å². The Morgan fingerprint density at radius 2 is 2.26 bits per heavy atom. The molecule has 1 N–H and O–H groups in total. The molecule has 1 aromatic carbocycles. The Balaban J connectivity index is 2.05. The zero-order chi connectivity index (χ0) is 14.0. The summed E-state index contributed by atoms with van der Waals surface area (Å²) >= 11 is 5.83. The van der Waals surface area contributed by atoms with Gasteiger partial charge in [-0.3, -0.25) is 4.90 Å². The van der Waals surface area contributed by atoms with Crippen molar-refractivity contribution in [2.75, 3.05) is 20.1 Å². The van der Waals surface area contributed by atoms with Crippen molar-refractivity contribution >= 4 is 21.6 Å². The molecular formula is C12H16ClFN2O2S. The van der Waals surface area contributed by atoms with Crippen LogP contribution in [0, 0.1) is 5.82 Å². The molecule has 0 aliphatic carbocycles. The van der Waals surface area contributed by atoms with Gasteiger partial charge in [0.15, 0.2) is 0 Å². The highest BCUT2D eigenvalue weighted by Crippen LogP contribution is 2.21. The Bertz CT molecular complexity index is 565. The van der Waals surface area contributed by atoms with Crippen LogP contribution in [0.1, 0.15) is 12.0 Å². The van der Waals surface area contributed by atoms with Crippen LogP contribution < -0.4 is 4.72 Å². The molecule has 0 unspecified atom stereocenters. The van der Waals surface area contributed by atoms with E-state index in [1.165, 1.54) is 19.2 Å². The summed E-state index contributed by atoms with van der Waals surface area (Å²) in [5, 5.41) is 0.0507. The molecule has 0 amide bonds. The maximum atomic E-state index is 13.6. The van der Waals surface area contributed by atoms with Gasteiger partial charge in [0.2, 0.25) is 10.0 Å². The zero-order valence-corrected chi connectivity index (χ0v) is 12.1. The Morgan fingerprint density at radius 1 is 1.53 bits per heavy atom. The molecule has 0 radical (unpaired) electrons. The number of halogens is 2. The smallest absolute Gasteiger partial charge is 0.215 e. The molecule has 2 rings (SSSR count). The maximum absolute atomic E-state index is 13.6. The Hall–Kier alpha value is -0.690. The minimum absolute atomic E-state index is 0.315. The number of rotatable bonds is 4. The lowest BCUT2D eigenvalue weighted by molar-refractivity contribution is 0.325. The average Bonchev–Trinajstić information content (AvgIpc) is 2.83. The van der Waals surface area contributed by atoms with Crippen molar-refractivity contribution in [1.82, 2.24) is 9.62 Å². The monoisotopic (exact) mass is 306 g/mol. The summed E-state index contributed by atoms with van der Waals surface area (Å²) in [6.45, 7) is 1.43.